The molecule has 0 amide bonds. The second-order valence-corrected chi connectivity index (χ2v) is 7.01. The number of thiazole rings is 1. The van der Waals surface area contributed by atoms with Gasteiger partial charge in [-0.2, -0.15) is 0 Å². The largest absolute Gasteiger partial charge is 0.310 e. The fourth-order valence-corrected chi connectivity index (χ4v) is 3.64. The van der Waals surface area contributed by atoms with Gasteiger partial charge in [-0.25, -0.2) is 4.98 Å². The Balaban J connectivity index is 1.63. The Hall–Kier alpha value is -0.410. The summed E-state index contributed by atoms with van der Waals surface area (Å²) >= 11 is 1.92. The number of hydrogen-bond acceptors (Lipinski definition) is 3. The van der Waals surface area contributed by atoms with Crippen LogP contribution in [0.3, 0.4) is 0 Å². The summed E-state index contributed by atoms with van der Waals surface area (Å²) in [6.45, 7) is 6.80. The first-order valence-corrected chi connectivity index (χ1v) is 7.16. The number of fused-ring (bicyclic) bond motifs is 1. The van der Waals surface area contributed by atoms with Gasteiger partial charge in [-0.15, -0.1) is 11.3 Å². The molecular formula is C13H20N2S. The maximum Gasteiger partial charge on any atom is 0.107 e. The first-order chi connectivity index (χ1) is 7.65. The molecule has 1 N–H and O–H groups in total. The molecule has 1 heterocycles. The van der Waals surface area contributed by atoms with Crippen LogP contribution >= 0.6 is 11.3 Å². The third-order valence-electron chi connectivity index (χ3n) is 3.77. The molecule has 0 radical (unpaired) electrons. The van der Waals surface area contributed by atoms with Gasteiger partial charge in [0.25, 0.3) is 0 Å². The quantitative estimate of drug-likeness (QED) is 0.869. The minimum atomic E-state index is 0.320. The fourth-order valence-electron chi connectivity index (χ4n) is 2.42. The van der Waals surface area contributed by atoms with Gasteiger partial charge in [-0.05, 0) is 38.1 Å². The molecule has 0 bridgehead atoms. The normalized spacial score (nSPS) is 22.4. The smallest absolute Gasteiger partial charge is 0.107 e. The zero-order valence-electron chi connectivity index (χ0n) is 10.2. The average Bonchev–Trinajstić information content (AvgIpc) is 2.87. The van der Waals surface area contributed by atoms with Gasteiger partial charge in [-0.3, -0.25) is 0 Å². The highest BCUT2D eigenvalue weighted by molar-refractivity contribution is 7.11. The number of rotatable bonds is 4. The third-order valence-corrected chi connectivity index (χ3v) is 4.88. The summed E-state index contributed by atoms with van der Waals surface area (Å²) in [7, 11) is 0. The van der Waals surface area contributed by atoms with Crippen LogP contribution < -0.4 is 5.32 Å². The third kappa shape index (κ3) is 2.03. The Morgan fingerprint density at radius 2 is 2.25 bits per heavy atom. The Bertz CT molecular complexity index is 391. The Kier molecular flexibility index (Phi) is 2.55. The van der Waals surface area contributed by atoms with Crippen LogP contribution in [0.25, 0.3) is 0 Å². The van der Waals surface area contributed by atoms with E-state index >= 15 is 0 Å². The van der Waals surface area contributed by atoms with Crippen LogP contribution in [0.1, 0.15) is 48.7 Å². The van der Waals surface area contributed by atoms with Gasteiger partial charge in [0.2, 0.25) is 0 Å². The van der Waals surface area contributed by atoms with Gasteiger partial charge >= 0.3 is 0 Å². The molecule has 0 aromatic carbocycles. The summed E-state index contributed by atoms with van der Waals surface area (Å²) in [4.78, 5) is 6.35. The van der Waals surface area contributed by atoms with E-state index in [4.69, 9.17) is 4.98 Å². The lowest BCUT2D eigenvalue weighted by Gasteiger charge is -2.15. The molecule has 2 aliphatic carbocycles. The second-order valence-electron chi connectivity index (χ2n) is 5.84. The summed E-state index contributed by atoms with van der Waals surface area (Å²) in [6, 6.07) is 0. The van der Waals surface area contributed by atoms with Crippen molar-refractivity contribution in [1.29, 1.82) is 0 Å². The molecule has 1 saturated carbocycles. The molecule has 2 nitrogen and oxygen atoms in total. The predicted molar refractivity (Wildman–Crippen MR) is 67.9 cm³/mol. The molecule has 3 heteroatoms. The lowest BCUT2D eigenvalue weighted by Crippen LogP contribution is -2.17. The predicted octanol–water partition coefficient (Wildman–Crippen LogP) is 2.87. The van der Waals surface area contributed by atoms with E-state index in [1.807, 2.05) is 11.3 Å². The first kappa shape index (κ1) is 10.7. The number of nitrogens with zero attached hydrogens (tertiary/aromatic N) is 1. The molecule has 1 fully saturated rings. The van der Waals surface area contributed by atoms with E-state index in [-0.39, 0.29) is 0 Å². The van der Waals surface area contributed by atoms with Crippen molar-refractivity contribution >= 4 is 11.3 Å². The van der Waals surface area contributed by atoms with Crippen molar-refractivity contribution in [1.82, 2.24) is 10.3 Å². The van der Waals surface area contributed by atoms with Crippen LogP contribution in [0.15, 0.2) is 0 Å². The minimum absolute atomic E-state index is 0.320. The lowest BCUT2D eigenvalue weighted by atomic mass is 9.91. The van der Waals surface area contributed by atoms with Crippen molar-refractivity contribution in [3.63, 3.8) is 0 Å². The maximum atomic E-state index is 4.82. The summed E-state index contributed by atoms with van der Waals surface area (Å²) < 4.78 is 0. The Labute approximate surface area is 101 Å². The van der Waals surface area contributed by atoms with Crippen LogP contribution in [0.4, 0.5) is 0 Å². The van der Waals surface area contributed by atoms with E-state index in [9.17, 15) is 0 Å². The van der Waals surface area contributed by atoms with Crippen LogP contribution in [0.2, 0.25) is 0 Å². The zero-order valence-corrected chi connectivity index (χ0v) is 11.0. The van der Waals surface area contributed by atoms with E-state index < -0.39 is 0 Å². The van der Waals surface area contributed by atoms with Gasteiger partial charge in [0.1, 0.15) is 5.01 Å². The van der Waals surface area contributed by atoms with Crippen LogP contribution in [0.5, 0.6) is 0 Å². The molecule has 0 spiro atoms. The van der Waals surface area contributed by atoms with Crippen LogP contribution in [0, 0.1) is 5.92 Å². The van der Waals surface area contributed by atoms with Gasteiger partial charge in [-0.1, -0.05) is 13.8 Å². The summed E-state index contributed by atoms with van der Waals surface area (Å²) in [5.74, 6) is 0.961. The van der Waals surface area contributed by atoms with Gasteiger partial charge in [0.15, 0.2) is 0 Å². The SMILES string of the molecule is CC1(C)CCc2sc(CNCC3CC3)nc21. The minimum Gasteiger partial charge on any atom is -0.310 e. The zero-order chi connectivity index (χ0) is 11.2. The molecule has 0 unspecified atom stereocenters. The van der Waals surface area contributed by atoms with Gasteiger partial charge in [0, 0.05) is 16.8 Å². The average molecular weight is 236 g/mol. The molecule has 3 rings (SSSR count). The lowest BCUT2D eigenvalue weighted by molar-refractivity contribution is 0.507. The van der Waals surface area contributed by atoms with Crippen molar-refractivity contribution in [2.24, 2.45) is 5.92 Å². The Morgan fingerprint density at radius 1 is 1.44 bits per heavy atom. The fraction of sp³-hybridized carbons (Fsp3) is 0.769. The highest BCUT2D eigenvalue weighted by Gasteiger charge is 2.33. The summed E-state index contributed by atoms with van der Waals surface area (Å²) in [5, 5.41) is 4.82. The second kappa shape index (κ2) is 3.81. The molecule has 1 aromatic heterocycles. The molecule has 0 atom stereocenters. The monoisotopic (exact) mass is 236 g/mol. The standard InChI is InChI=1S/C13H20N2S/c1-13(2)6-5-10-12(13)15-11(16-10)8-14-7-9-3-4-9/h9,14H,3-8H2,1-2H3. The first-order valence-electron chi connectivity index (χ1n) is 6.35. The molecule has 0 aliphatic heterocycles. The number of aromatic nitrogens is 1. The maximum absolute atomic E-state index is 4.82. The summed E-state index contributed by atoms with van der Waals surface area (Å²) in [5.41, 5.74) is 1.70. The molecule has 2 aliphatic rings. The van der Waals surface area contributed by atoms with E-state index in [0.717, 1.165) is 12.5 Å². The Morgan fingerprint density at radius 3 is 2.94 bits per heavy atom. The van der Waals surface area contributed by atoms with Crippen molar-refractivity contribution < 1.29 is 0 Å². The molecule has 1 aromatic rings. The van der Waals surface area contributed by atoms with Crippen molar-refractivity contribution in [2.75, 3.05) is 6.54 Å². The molecule has 88 valence electrons. The highest BCUT2D eigenvalue weighted by atomic mass is 32.1. The topological polar surface area (TPSA) is 24.9 Å². The van der Waals surface area contributed by atoms with E-state index in [2.05, 4.69) is 19.2 Å². The van der Waals surface area contributed by atoms with Crippen LogP contribution in [-0.4, -0.2) is 11.5 Å². The summed E-state index contributed by atoms with van der Waals surface area (Å²) in [6.07, 6.45) is 5.36. The van der Waals surface area contributed by atoms with E-state index in [0.29, 0.717) is 5.41 Å². The number of hydrogen-bond donors (Lipinski definition) is 1. The van der Waals surface area contributed by atoms with E-state index in [1.165, 1.54) is 47.8 Å². The van der Waals surface area contributed by atoms with Gasteiger partial charge in [0.05, 0.1) is 5.69 Å². The number of nitrogens with one attached hydrogen (secondary N) is 1. The highest BCUT2D eigenvalue weighted by Crippen LogP contribution is 2.40. The molecule has 16 heavy (non-hydrogen) atoms. The van der Waals surface area contributed by atoms with Crippen LogP contribution in [-0.2, 0) is 18.4 Å². The molecular weight excluding hydrogens is 216 g/mol. The van der Waals surface area contributed by atoms with Gasteiger partial charge < -0.3 is 5.32 Å². The molecule has 0 saturated heterocycles. The van der Waals surface area contributed by atoms with Crippen molar-refractivity contribution in [3.8, 4) is 0 Å². The van der Waals surface area contributed by atoms with Crippen molar-refractivity contribution in [3.05, 3.63) is 15.6 Å². The van der Waals surface area contributed by atoms with E-state index in [1.54, 1.807) is 0 Å². The van der Waals surface area contributed by atoms with Crippen molar-refractivity contribution in [2.45, 2.75) is 51.5 Å². The number of aryl methyl sites for hydroxylation is 1.